The Morgan fingerprint density at radius 2 is 2.24 bits per heavy atom. The van der Waals surface area contributed by atoms with Gasteiger partial charge in [0.15, 0.2) is 0 Å². The van der Waals surface area contributed by atoms with Gasteiger partial charge < -0.3 is 9.47 Å². The van der Waals surface area contributed by atoms with Gasteiger partial charge in [0.1, 0.15) is 12.2 Å². The Balaban J connectivity index is 1.94. The number of benzene rings is 1. The summed E-state index contributed by atoms with van der Waals surface area (Å²) in [6, 6.07) is 9.08. The fourth-order valence-corrected chi connectivity index (χ4v) is 2.50. The summed E-state index contributed by atoms with van der Waals surface area (Å²) in [5.74, 6) is 0.611. The molecule has 0 spiro atoms. The fraction of sp³-hybridized carbons (Fsp3) is 0.462. The SMILES string of the molecule is CSCC1OCCC1OC(=O)c1ccccc1. The highest BCUT2D eigenvalue weighted by Gasteiger charge is 2.31. The molecule has 1 aliphatic rings. The van der Waals surface area contributed by atoms with E-state index in [1.54, 1.807) is 23.9 Å². The summed E-state index contributed by atoms with van der Waals surface area (Å²) in [7, 11) is 0. The molecule has 92 valence electrons. The Morgan fingerprint density at radius 3 is 2.94 bits per heavy atom. The summed E-state index contributed by atoms with van der Waals surface area (Å²) in [5, 5.41) is 0. The van der Waals surface area contributed by atoms with Gasteiger partial charge in [0.25, 0.3) is 0 Å². The molecule has 4 heteroatoms. The van der Waals surface area contributed by atoms with Crippen LogP contribution < -0.4 is 0 Å². The van der Waals surface area contributed by atoms with Gasteiger partial charge in [-0.2, -0.15) is 11.8 Å². The largest absolute Gasteiger partial charge is 0.456 e. The van der Waals surface area contributed by atoms with Crippen LogP contribution in [0.2, 0.25) is 0 Å². The number of ether oxygens (including phenoxy) is 2. The number of carbonyl (C=O) groups excluding carboxylic acids is 1. The van der Waals surface area contributed by atoms with Crippen LogP contribution >= 0.6 is 11.8 Å². The van der Waals surface area contributed by atoms with Crippen molar-refractivity contribution in [3.63, 3.8) is 0 Å². The maximum Gasteiger partial charge on any atom is 0.338 e. The van der Waals surface area contributed by atoms with Gasteiger partial charge >= 0.3 is 5.97 Å². The van der Waals surface area contributed by atoms with E-state index < -0.39 is 0 Å². The minimum Gasteiger partial charge on any atom is -0.456 e. The van der Waals surface area contributed by atoms with Crippen LogP contribution in [0, 0.1) is 0 Å². The van der Waals surface area contributed by atoms with Crippen LogP contribution in [0.1, 0.15) is 16.8 Å². The first-order chi connectivity index (χ1) is 8.31. The first-order valence-electron chi connectivity index (χ1n) is 5.68. The first-order valence-corrected chi connectivity index (χ1v) is 7.07. The summed E-state index contributed by atoms with van der Waals surface area (Å²) in [5.41, 5.74) is 0.599. The van der Waals surface area contributed by atoms with Gasteiger partial charge in [-0.1, -0.05) is 18.2 Å². The molecular formula is C13H16O3S. The molecule has 1 aromatic rings. The zero-order chi connectivity index (χ0) is 12.1. The quantitative estimate of drug-likeness (QED) is 0.771. The van der Waals surface area contributed by atoms with E-state index in [0.29, 0.717) is 12.2 Å². The minimum atomic E-state index is -0.257. The summed E-state index contributed by atoms with van der Waals surface area (Å²) < 4.78 is 11.0. The lowest BCUT2D eigenvalue weighted by molar-refractivity contribution is 0.00765. The third-order valence-corrected chi connectivity index (χ3v) is 3.41. The molecule has 0 aliphatic carbocycles. The molecule has 1 aromatic carbocycles. The van der Waals surface area contributed by atoms with Crippen molar-refractivity contribution in [3.05, 3.63) is 35.9 Å². The smallest absolute Gasteiger partial charge is 0.338 e. The molecule has 2 unspecified atom stereocenters. The van der Waals surface area contributed by atoms with Gasteiger partial charge in [-0.3, -0.25) is 0 Å². The van der Waals surface area contributed by atoms with Crippen LogP contribution in [0.4, 0.5) is 0 Å². The van der Waals surface area contributed by atoms with E-state index in [2.05, 4.69) is 0 Å². The van der Waals surface area contributed by atoms with Gasteiger partial charge in [0.2, 0.25) is 0 Å². The number of thioether (sulfide) groups is 1. The van der Waals surface area contributed by atoms with E-state index >= 15 is 0 Å². The van der Waals surface area contributed by atoms with Crippen molar-refractivity contribution < 1.29 is 14.3 Å². The lowest BCUT2D eigenvalue weighted by atomic mass is 10.2. The molecule has 1 fully saturated rings. The summed E-state index contributed by atoms with van der Waals surface area (Å²) in [6.07, 6.45) is 2.76. The van der Waals surface area contributed by atoms with Gasteiger partial charge in [-0.25, -0.2) is 4.79 Å². The van der Waals surface area contributed by atoms with Gasteiger partial charge in [0.05, 0.1) is 12.2 Å². The molecule has 0 N–H and O–H groups in total. The monoisotopic (exact) mass is 252 g/mol. The molecule has 1 saturated heterocycles. The van der Waals surface area contributed by atoms with E-state index in [0.717, 1.165) is 12.2 Å². The highest BCUT2D eigenvalue weighted by atomic mass is 32.2. The Morgan fingerprint density at radius 1 is 1.47 bits per heavy atom. The zero-order valence-electron chi connectivity index (χ0n) is 9.80. The van der Waals surface area contributed by atoms with E-state index in [1.165, 1.54) is 0 Å². The highest BCUT2D eigenvalue weighted by molar-refractivity contribution is 7.98. The van der Waals surface area contributed by atoms with Crippen molar-refractivity contribution in [1.82, 2.24) is 0 Å². The summed E-state index contributed by atoms with van der Waals surface area (Å²) in [6.45, 7) is 0.679. The Bertz CT molecular complexity index is 366. The maximum absolute atomic E-state index is 11.9. The summed E-state index contributed by atoms with van der Waals surface area (Å²) in [4.78, 5) is 11.9. The normalized spacial score (nSPS) is 23.6. The number of carbonyl (C=O) groups is 1. The van der Waals surface area contributed by atoms with Crippen molar-refractivity contribution >= 4 is 17.7 Å². The van der Waals surface area contributed by atoms with Crippen molar-refractivity contribution in [2.24, 2.45) is 0 Å². The molecule has 3 nitrogen and oxygen atoms in total. The Labute approximate surface area is 105 Å². The molecule has 0 radical (unpaired) electrons. The second-order valence-corrected chi connectivity index (χ2v) is 4.87. The molecule has 1 aliphatic heterocycles. The van der Waals surface area contributed by atoms with E-state index in [9.17, 15) is 4.79 Å². The van der Waals surface area contributed by atoms with E-state index in [-0.39, 0.29) is 18.2 Å². The van der Waals surface area contributed by atoms with E-state index in [1.807, 2.05) is 24.5 Å². The topological polar surface area (TPSA) is 35.5 Å². The van der Waals surface area contributed by atoms with Crippen molar-refractivity contribution in [2.45, 2.75) is 18.6 Å². The Hall–Kier alpha value is -1.00. The fourth-order valence-electron chi connectivity index (χ4n) is 1.86. The van der Waals surface area contributed by atoms with Crippen LogP contribution in [0.5, 0.6) is 0 Å². The summed E-state index contributed by atoms with van der Waals surface area (Å²) >= 11 is 1.71. The lowest BCUT2D eigenvalue weighted by Crippen LogP contribution is -2.29. The maximum atomic E-state index is 11.9. The minimum absolute atomic E-state index is 0.0395. The first kappa shape index (κ1) is 12.5. The molecule has 2 rings (SSSR count). The number of hydrogen-bond donors (Lipinski definition) is 0. The molecule has 1 heterocycles. The molecule has 0 aromatic heterocycles. The second kappa shape index (κ2) is 6.07. The van der Waals surface area contributed by atoms with E-state index in [4.69, 9.17) is 9.47 Å². The molecule has 0 bridgehead atoms. The highest BCUT2D eigenvalue weighted by Crippen LogP contribution is 2.21. The van der Waals surface area contributed by atoms with Crippen LogP contribution in [-0.2, 0) is 9.47 Å². The third-order valence-electron chi connectivity index (χ3n) is 2.75. The average Bonchev–Trinajstić information content (AvgIpc) is 2.78. The third kappa shape index (κ3) is 3.23. The number of esters is 1. The Kier molecular flexibility index (Phi) is 4.45. The predicted molar refractivity (Wildman–Crippen MR) is 68.4 cm³/mol. The predicted octanol–water partition coefficient (Wildman–Crippen LogP) is 2.36. The lowest BCUT2D eigenvalue weighted by Gasteiger charge is -2.18. The molecular weight excluding hydrogens is 236 g/mol. The van der Waals surface area contributed by atoms with Crippen LogP contribution in [0.3, 0.4) is 0 Å². The van der Waals surface area contributed by atoms with Crippen molar-refractivity contribution in [1.29, 1.82) is 0 Å². The zero-order valence-corrected chi connectivity index (χ0v) is 10.6. The second-order valence-electron chi connectivity index (χ2n) is 3.96. The number of rotatable bonds is 4. The standard InChI is InChI=1S/C13H16O3S/c1-17-9-12-11(7-8-15-12)16-13(14)10-5-3-2-4-6-10/h2-6,11-12H,7-9H2,1H3. The molecule has 0 amide bonds. The number of hydrogen-bond acceptors (Lipinski definition) is 4. The van der Waals surface area contributed by atoms with Gasteiger partial charge in [0, 0.05) is 12.2 Å². The van der Waals surface area contributed by atoms with Gasteiger partial charge in [-0.15, -0.1) is 0 Å². The molecule has 0 saturated carbocycles. The van der Waals surface area contributed by atoms with Crippen LogP contribution in [0.25, 0.3) is 0 Å². The van der Waals surface area contributed by atoms with Crippen LogP contribution in [0.15, 0.2) is 30.3 Å². The average molecular weight is 252 g/mol. The molecule has 2 atom stereocenters. The molecule has 17 heavy (non-hydrogen) atoms. The van der Waals surface area contributed by atoms with Gasteiger partial charge in [-0.05, 0) is 18.4 Å². The van der Waals surface area contributed by atoms with Crippen molar-refractivity contribution in [2.75, 3.05) is 18.6 Å². The van der Waals surface area contributed by atoms with Crippen molar-refractivity contribution in [3.8, 4) is 0 Å². The van der Waals surface area contributed by atoms with Crippen LogP contribution in [-0.4, -0.2) is 36.8 Å².